The average Bonchev–Trinajstić information content (AvgIpc) is 2.77. The van der Waals surface area contributed by atoms with Crippen molar-refractivity contribution in [1.29, 1.82) is 0 Å². The first-order valence-corrected chi connectivity index (χ1v) is 7.20. The van der Waals surface area contributed by atoms with Crippen LogP contribution in [0.25, 0.3) is 6.08 Å². The Morgan fingerprint density at radius 3 is 2.48 bits per heavy atom. The predicted molar refractivity (Wildman–Crippen MR) is 82.9 cm³/mol. The summed E-state index contributed by atoms with van der Waals surface area (Å²) in [4.78, 5) is 22.8. The number of carboxylic acids is 1. The standard InChI is InChI=1S/C17H21NO3/c1-17(2)11-3-4-14(17)16(21)18-13-8-5-12(6-9-13)7-10-15(19)20/h5-10,14H,3-4,11H2,1-2H3,(H,18,21)(H,19,20)/b10-7+. The molecule has 0 aliphatic heterocycles. The monoisotopic (exact) mass is 287 g/mol. The molecular formula is C17H21NO3. The number of aliphatic carboxylic acids is 1. The van der Waals surface area contributed by atoms with Crippen molar-refractivity contribution in [2.45, 2.75) is 33.1 Å². The molecular weight excluding hydrogens is 266 g/mol. The van der Waals surface area contributed by atoms with E-state index in [1.165, 1.54) is 6.08 Å². The summed E-state index contributed by atoms with van der Waals surface area (Å²) in [7, 11) is 0. The van der Waals surface area contributed by atoms with Crippen molar-refractivity contribution in [3.63, 3.8) is 0 Å². The molecule has 0 bridgehead atoms. The molecule has 1 aromatic carbocycles. The van der Waals surface area contributed by atoms with Crippen LogP contribution in [0.3, 0.4) is 0 Å². The quantitative estimate of drug-likeness (QED) is 0.832. The molecule has 1 aliphatic rings. The second-order valence-corrected chi connectivity index (χ2v) is 6.22. The van der Waals surface area contributed by atoms with Gasteiger partial charge in [0.15, 0.2) is 0 Å². The lowest BCUT2D eigenvalue weighted by Crippen LogP contribution is -2.30. The van der Waals surface area contributed by atoms with Crippen LogP contribution in [0.2, 0.25) is 0 Å². The zero-order valence-corrected chi connectivity index (χ0v) is 12.4. The maximum Gasteiger partial charge on any atom is 0.328 e. The van der Waals surface area contributed by atoms with Crippen LogP contribution in [0.15, 0.2) is 30.3 Å². The van der Waals surface area contributed by atoms with Gasteiger partial charge in [0.25, 0.3) is 0 Å². The van der Waals surface area contributed by atoms with E-state index in [1.807, 2.05) is 0 Å². The largest absolute Gasteiger partial charge is 0.478 e. The van der Waals surface area contributed by atoms with Crippen molar-refractivity contribution in [2.75, 3.05) is 5.32 Å². The number of amides is 1. The normalized spacial score (nSPS) is 20.6. The Balaban J connectivity index is 2.00. The van der Waals surface area contributed by atoms with Crippen molar-refractivity contribution >= 4 is 23.6 Å². The molecule has 1 aliphatic carbocycles. The maximum absolute atomic E-state index is 12.3. The van der Waals surface area contributed by atoms with Crippen LogP contribution in [0.1, 0.15) is 38.7 Å². The lowest BCUT2D eigenvalue weighted by molar-refractivity contribution is -0.131. The molecule has 1 saturated carbocycles. The zero-order valence-electron chi connectivity index (χ0n) is 12.4. The molecule has 2 rings (SSSR count). The minimum atomic E-state index is -0.976. The van der Waals surface area contributed by atoms with Crippen LogP contribution in [0.4, 0.5) is 5.69 Å². The SMILES string of the molecule is CC1(C)CCCC1C(=O)Nc1ccc(/C=C/C(=O)O)cc1. The van der Waals surface area contributed by atoms with Gasteiger partial charge in [-0.15, -0.1) is 0 Å². The van der Waals surface area contributed by atoms with Gasteiger partial charge in [0, 0.05) is 17.7 Å². The second-order valence-electron chi connectivity index (χ2n) is 6.22. The van der Waals surface area contributed by atoms with Crippen LogP contribution < -0.4 is 5.32 Å². The fraction of sp³-hybridized carbons (Fsp3) is 0.412. The topological polar surface area (TPSA) is 66.4 Å². The highest BCUT2D eigenvalue weighted by molar-refractivity contribution is 5.93. The minimum absolute atomic E-state index is 0.0593. The van der Waals surface area contributed by atoms with E-state index in [2.05, 4.69) is 19.2 Å². The smallest absolute Gasteiger partial charge is 0.328 e. The van der Waals surface area contributed by atoms with E-state index in [0.29, 0.717) is 0 Å². The first-order chi connectivity index (χ1) is 9.88. The number of carbonyl (C=O) groups excluding carboxylic acids is 1. The Morgan fingerprint density at radius 1 is 1.29 bits per heavy atom. The Hall–Kier alpha value is -2.10. The highest BCUT2D eigenvalue weighted by Crippen LogP contribution is 2.43. The van der Waals surface area contributed by atoms with Crippen molar-refractivity contribution in [3.8, 4) is 0 Å². The first-order valence-electron chi connectivity index (χ1n) is 7.20. The fourth-order valence-corrected chi connectivity index (χ4v) is 2.89. The van der Waals surface area contributed by atoms with E-state index in [0.717, 1.165) is 36.6 Å². The molecule has 1 amide bonds. The van der Waals surface area contributed by atoms with Gasteiger partial charge in [0.1, 0.15) is 0 Å². The number of rotatable bonds is 4. The lowest BCUT2D eigenvalue weighted by Gasteiger charge is -2.25. The molecule has 0 saturated heterocycles. The zero-order chi connectivity index (χ0) is 15.5. The van der Waals surface area contributed by atoms with Crippen molar-refractivity contribution < 1.29 is 14.7 Å². The third-order valence-electron chi connectivity index (χ3n) is 4.17. The Bertz CT molecular complexity index is 558. The van der Waals surface area contributed by atoms with Crippen LogP contribution >= 0.6 is 0 Å². The molecule has 0 heterocycles. The summed E-state index contributed by atoms with van der Waals surface area (Å²) in [5, 5.41) is 11.5. The number of nitrogens with one attached hydrogen (secondary N) is 1. The second kappa shape index (κ2) is 6.12. The van der Waals surface area contributed by atoms with E-state index in [9.17, 15) is 9.59 Å². The summed E-state index contributed by atoms with van der Waals surface area (Å²) in [6.07, 6.45) is 5.74. The van der Waals surface area contributed by atoms with Crippen molar-refractivity contribution in [2.24, 2.45) is 11.3 Å². The molecule has 21 heavy (non-hydrogen) atoms. The predicted octanol–water partition coefficient (Wildman–Crippen LogP) is 3.55. The average molecular weight is 287 g/mol. The summed E-state index contributed by atoms with van der Waals surface area (Å²) in [5.41, 5.74) is 1.60. The van der Waals surface area contributed by atoms with Crippen LogP contribution in [-0.4, -0.2) is 17.0 Å². The molecule has 1 aromatic rings. The van der Waals surface area contributed by atoms with Gasteiger partial charge in [-0.1, -0.05) is 32.4 Å². The Morgan fingerprint density at radius 2 is 1.95 bits per heavy atom. The molecule has 4 heteroatoms. The van der Waals surface area contributed by atoms with Gasteiger partial charge in [-0.05, 0) is 42.0 Å². The maximum atomic E-state index is 12.3. The Kier molecular flexibility index (Phi) is 4.46. The number of hydrogen-bond donors (Lipinski definition) is 2. The van der Waals surface area contributed by atoms with Gasteiger partial charge in [-0.3, -0.25) is 4.79 Å². The highest BCUT2D eigenvalue weighted by atomic mass is 16.4. The molecule has 1 unspecified atom stereocenters. The Labute approximate surface area is 124 Å². The highest BCUT2D eigenvalue weighted by Gasteiger charge is 2.39. The number of anilines is 1. The molecule has 1 fully saturated rings. The summed E-state index contributed by atoms with van der Waals surface area (Å²) in [6, 6.07) is 7.16. The minimum Gasteiger partial charge on any atom is -0.478 e. The first kappa shape index (κ1) is 15.3. The molecule has 0 spiro atoms. The van der Waals surface area contributed by atoms with Crippen LogP contribution in [0.5, 0.6) is 0 Å². The van der Waals surface area contributed by atoms with Crippen molar-refractivity contribution in [1.82, 2.24) is 0 Å². The van der Waals surface area contributed by atoms with Crippen LogP contribution in [0, 0.1) is 11.3 Å². The third-order valence-corrected chi connectivity index (χ3v) is 4.17. The number of carbonyl (C=O) groups is 2. The summed E-state index contributed by atoms with van der Waals surface area (Å²) in [6.45, 7) is 4.29. The molecule has 112 valence electrons. The van der Waals surface area contributed by atoms with E-state index < -0.39 is 5.97 Å². The molecule has 0 radical (unpaired) electrons. The summed E-state index contributed by atoms with van der Waals surface area (Å²) < 4.78 is 0. The summed E-state index contributed by atoms with van der Waals surface area (Å²) >= 11 is 0. The number of carboxylic acid groups (broad SMARTS) is 1. The van der Waals surface area contributed by atoms with Gasteiger partial charge in [0.05, 0.1) is 0 Å². The van der Waals surface area contributed by atoms with Gasteiger partial charge in [-0.2, -0.15) is 0 Å². The molecule has 0 aromatic heterocycles. The number of hydrogen-bond acceptors (Lipinski definition) is 2. The fourth-order valence-electron chi connectivity index (χ4n) is 2.89. The third kappa shape index (κ3) is 3.94. The van der Waals surface area contributed by atoms with E-state index in [1.54, 1.807) is 24.3 Å². The number of benzene rings is 1. The van der Waals surface area contributed by atoms with Gasteiger partial charge >= 0.3 is 5.97 Å². The van der Waals surface area contributed by atoms with E-state index in [4.69, 9.17) is 5.11 Å². The lowest BCUT2D eigenvalue weighted by atomic mass is 9.81. The van der Waals surface area contributed by atoms with Crippen molar-refractivity contribution in [3.05, 3.63) is 35.9 Å². The summed E-state index contributed by atoms with van der Waals surface area (Å²) in [5.74, 6) is -0.841. The van der Waals surface area contributed by atoms with Crippen LogP contribution in [-0.2, 0) is 9.59 Å². The van der Waals surface area contributed by atoms with E-state index in [-0.39, 0.29) is 17.2 Å². The van der Waals surface area contributed by atoms with E-state index >= 15 is 0 Å². The van der Waals surface area contributed by atoms with Gasteiger partial charge in [-0.25, -0.2) is 4.79 Å². The molecule has 1 atom stereocenters. The van der Waals surface area contributed by atoms with Gasteiger partial charge in [0.2, 0.25) is 5.91 Å². The molecule has 4 nitrogen and oxygen atoms in total. The molecule has 2 N–H and O–H groups in total. The van der Waals surface area contributed by atoms with Gasteiger partial charge < -0.3 is 10.4 Å².